The molecule has 0 spiro atoms. The first-order valence-electron chi connectivity index (χ1n) is 13.3. The number of anilines is 3. The number of halogens is 1. The number of ether oxygens (including phenoxy) is 2. The Balaban J connectivity index is 1.32. The van der Waals surface area contributed by atoms with Gasteiger partial charge >= 0.3 is 6.03 Å². The second kappa shape index (κ2) is 11.6. The molecule has 2 saturated heterocycles. The van der Waals surface area contributed by atoms with Crippen LogP contribution in [0, 0.1) is 0 Å². The minimum atomic E-state index is -0.162. The molecular formula is C27H31IN8O3. The summed E-state index contributed by atoms with van der Waals surface area (Å²) < 4.78 is 12.5. The van der Waals surface area contributed by atoms with Crippen LogP contribution in [0.5, 0.6) is 0 Å². The molecule has 6 rings (SSSR count). The molecule has 2 aromatic heterocycles. The van der Waals surface area contributed by atoms with Gasteiger partial charge in [-0.1, -0.05) is 6.92 Å². The van der Waals surface area contributed by atoms with E-state index in [4.69, 9.17) is 19.4 Å². The average molecular weight is 643 g/mol. The molecule has 0 bridgehead atoms. The number of nitrogens with zero attached hydrogens (tertiary/aromatic N) is 7. The molecule has 1 N–H and O–H groups in total. The minimum Gasteiger partial charge on any atom is -0.377 e. The molecule has 1 unspecified atom stereocenters. The van der Waals surface area contributed by atoms with Gasteiger partial charge in [0.25, 0.3) is 0 Å². The molecule has 5 heterocycles. The highest BCUT2D eigenvalue weighted by molar-refractivity contribution is 14.1. The van der Waals surface area contributed by atoms with Crippen LogP contribution in [0.25, 0.3) is 11.4 Å². The molecule has 0 saturated carbocycles. The summed E-state index contributed by atoms with van der Waals surface area (Å²) in [6, 6.07) is 9.82. The molecule has 3 aliphatic rings. The Morgan fingerprint density at radius 3 is 2.62 bits per heavy atom. The maximum Gasteiger partial charge on any atom is 0.331 e. The second-order valence-electron chi connectivity index (χ2n) is 9.86. The van der Waals surface area contributed by atoms with Gasteiger partial charge in [-0.25, -0.2) is 27.8 Å². The van der Waals surface area contributed by atoms with Crippen molar-refractivity contribution in [2.75, 3.05) is 52.4 Å². The minimum absolute atomic E-state index is 0.0735. The van der Waals surface area contributed by atoms with Crippen molar-refractivity contribution < 1.29 is 14.3 Å². The largest absolute Gasteiger partial charge is 0.377 e. The van der Waals surface area contributed by atoms with Crippen molar-refractivity contribution in [3.8, 4) is 11.4 Å². The summed E-state index contributed by atoms with van der Waals surface area (Å²) in [6.45, 7) is 6.92. The Kier molecular flexibility index (Phi) is 7.75. The number of morpholine rings is 1. The fourth-order valence-corrected chi connectivity index (χ4v) is 5.54. The summed E-state index contributed by atoms with van der Waals surface area (Å²) in [4.78, 5) is 36.3. The monoisotopic (exact) mass is 642 g/mol. The van der Waals surface area contributed by atoms with Crippen LogP contribution < -0.4 is 18.2 Å². The first-order chi connectivity index (χ1) is 19.1. The van der Waals surface area contributed by atoms with Crippen LogP contribution in [0.1, 0.15) is 24.6 Å². The molecule has 0 radical (unpaired) electrons. The number of hydrogen-bond acceptors (Lipinski definition) is 9. The van der Waals surface area contributed by atoms with E-state index in [1.54, 1.807) is 15.5 Å². The molecule has 0 aliphatic carbocycles. The Hall–Kier alpha value is -3.10. The molecule has 1 aromatic carbocycles. The number of carbonyl (C=O) groups excluding carboxylic acids is 1. The molecular weight excluding hydrogens is 611 g/mol. The molecule has 2 fully saturated rings. The summed E-state index contributed by atoms with van der Waals surface area (Å²) >= 11 is 2.02. The van der Waals surface area contributed by atoms with Crippen LogP contribution in [-0.4, -0.2) is 77.6 Å². The van der Waals surface area contributed by atoms with Crippen molar-refractivity contribution >= 4 is 46.3 Å². The van der Waals surface area contributed by atoms with E-state index in [0.717, 1.165) is 48.7 Å². The summed E-state index contributed by atoms with van der Waals surface area (Å²) in [6.07, 6.45) is 5.34. The van der Waals surface area contributed by atoms with Crippen molar-refractivity contribution in [1.82, 2.24) is 25.3 Å². The fourth-order valence-electron chi connectivity index (χ4n) is 5.08. The van der Waals surface area contributed by atoms with E-state index >= 15 is 0 Å². The maximum absolute atomic E-state index is 12.6. The second-order valence-corrected chi connectivity index (χ2v) is 10.8. The summed E-state index contributed by atoms with van der Waals surface area (Å²) in [7, 11) is 0. The summed E-state index contributed by atoms with van der Waals surface area (Å²) in [5.74, 6) is 2.38. The van der Waals surface area contributed by atoms with Gasteiger partial charge in [0, 0.05) is 36.6 Å². The van der Waals surface area contributed by atoms with E-state index in [1.165, 1.54) is 5.56 Å². The lowest BCUT2D eigenvalue weighted by Gasteiger charge is -2.39. The SMILES string of the molecule is CCC1COCCN1c1nc(-c2ccc(N(I)C(=O)NC3COC3)cc2)nc2c1CCN(c1ncccn1)C2. The topological polar surface area (TPSA) is 109 Å². The van der Waals surface area contributed by atoms with Crippen LogP contribution in [0.2, 0.25) is 0 Å². The van der Waals surface area contributed by atoms with Crippen LogP contribution in [-0.2, 0) is 22.4 Å². The number of carbonyl (C=O) groups is 1. The quantitative estimate of drug-likeness (QED) is 0.320. The number of urea groups is 1. The van der Waals surface area contributed by atoms with Gasteiger partial charge in [0.1, 0.15) is 5.82 Å². The van der Waals surface area contributed by atoms with Gasteiger partial charge < -0.3 is 24.6 Å². The number of benzene rings is 1. The summed E-state index contributed by atoms with van der Waals surface area (Å²) in [5.41, 5.74) is 3.87. The van der Waals surface area contributed by atoms with Crippen molar-refractivity contribution in [2.24, 2.45) is 0 Å². The molecule has 204 valence electrons. The van der Waals surface area contributed by atoms with Gasteiger partial charge in [-0.3, -0.25) is 0 Å². The Bertz CT molecular complexity index is 1310. The molecule has 39 heavy (non-hydrogen) atoms. The standard InChI is InChI=1S/C27H31IN8O3/c1-2-20-17-38-13-12-35(20)25-22-8-11-34(26-29-9-3-10-30-26)14-23(22)32-24(33-25)18-4-6-21(7-5-18)36(28)27(37)31-19-15-39-16-19/h3-7,9-10,19-20H,2,8,11-17H2,1H3,(H,31,37). The third kappa shape index (κ3) is 5.50. The van der Waals surface area contributed by atoms with Crippen LogP contribution in [0.15, 0.2) is 42.7 Å². The Morgan fingerprint density at radius 1 is 1.10 bits per heavy atom. The zero-order valence-corrected chi connectivity index (χ0v) is 24.0. The van der Waals surface area contributed by atoms with E-state index in [0.29, 0.717) is 44.7 Å². The van der Waals surface area contributed by atoms with Gasteiger partial charge in [0.15, 0.2) is 5.82 Å². The third-order valence-corrected chi connectivity index (χ3v) is 8.34. The van der Waals surface area contributed by atoms with Crippen molar-refractivity contribution in [2.45, 2.75) is 38.4 Å². The number of rotatable bonds is 6. The average Bonchev–Trinajstić information content (AvgIpc) is 2.98. The smallest absolute Gasteiger partial charge is 0.331 e. The predicted octanol–water partition coefficient (Wildman–Crippen LogP) is 3.38. The van der Waals surface area contributed by atoms with Gasteiger partial charge in [0.2, 0.25) is 5.95 Å². The van der Waals surface area contributed by atoms with Crippen LogP contribution in [0.4, 0.5) is 22.2 Å². The molecule has 11 nitrogen and oxygen atoms in total. The fraction of sp³-hybridized carbons (Fsp3) is 0.444. The first kappa shape index (κ1) is 26.1. The van der Waals surface area contributed by atoms with Gasteiger partial charge in [-0.15, -0.1) is 0 Å². The Labute approximate surface area is 241 Å². The number of aromatic nitrogens is 4. The highest BCUT2D eigenvalue weighted by Gasteiger charge is 2.31. The van der Waals surface area contributed by atoms with E-state index in [-0.39, 0.29) is 18.1 Å². The molecule has 12 heteroatoms. The number of hydrogen-bond donors (Lipinski definition) is 1. The molecule has 2 amide bonds. The van der Waals surface area contributed by atoms with Crippen LogP contribution >= 0.6 is 22.9 Å². The van der Waals surface area contributed by atoms with E-state index in [1.807, 2.05) is 53.2 Å². The third-order valence-electron chi connectivity index (χ3n) is 7.35. The summed E-state index contributed by atoms with van der Waals surface area (Å²) in [5, 5.41) is 2.97. The zero-order chi connectivity index (χ0) is 26.8. The molecule has 3 aromatic rings. The van der Waals surface area contributed by atoms with Gasteiger partial charge in [-0.05, 0) is 43.2 Å². The van der Waals surface area contributed by atoms with Crippen molar-refractivity contribution in [1.29, 1.82) is 0 Å². The van der Waals surface area contributed by atoms with Gasteiger partial charge in [-0.2, -0.15) is 0 Å². The Morgan fingerprint density at radius 2 is 1.90 bits per heavy atom. The zero-order valence-electron chi connectivity index (χ0n) is 21.8. The van der Waals surface area contributed by atoms with E-state index in [2.05, 4.69) is 32.0 Å². The highest BCUT2D eigenvalue weighted by Crippen LogP contribution is 2.33. The predicted molar refractivity (Wildman–Crippen MR) is 156 cm³/mol. The number of amides is 2. The van der Waals surface area contributed by atoms with Crippen molar-refractivity contribution in [3.05, 3.63) is 54.0 Å². The van der Waals surface area contributed by atoms with E-state index in [9.17, 15) is 4.79 Å². The van der Waals surface area contributed by atoms with Crippen LogP contribution in [0.3, 0.4) is 0 Å². The highest BCUT2D eigenvalue weighted by atomic mass is 127. The van der Waals surface area contributed by atoms with Gasteiger partial charge in [0.05, 0.1) is 79.3 Å². The number of nitrogens with one attached hydrogen (secondary N) is 1. The lowest BCUT2D eigenvalue weighted by Crippen LogP contribution is -2.51. The lowest BCUT2D eigenvalue weighted by molar-refractivity contribution is 0.000614. The normalized spacial score (nSPS) is 19.3. The first-order valence-corrected chi connectivity index (χ1v) is 14.3. The molecule has 1 atom stereocenters. The van der Waals surface area contributed by atoms with Crippen molar-refractivity contribution in [3.63, 3.8) is 0 Å². The maximum atomic E-state index is 12.6. The molecule has 3 aliphatic heterocycles. The lowest BCUT2D eigenvalue weighted by atomic mass is 10.0. The van der Waals surface area contributed by atoms with E-state index < -0.39 is 0 Å². The number of fused-ring (bicyclic) bond motifs is 1.